The molecule has 1 aromatic carbocycles. The Hall–Kier alpha value is -1.87. The first-order valence-electron chi connectivity index (χ1n) is 16.2. The van der Waals surface area contributed by atoms with E-state index in [1.807, 2.05) is 30.3 Å². The molecule has 12 nitrogen and oxygen atoms in total. The van der Waals surface area contributed by atoms with Gasteiger partial charge in [-0.05, 0) is 24.3 Å². The molecule has 260 valence electrons. The van der Waals surface area contributed by atoms with Gasteiger partial charge >= 0.3 is 6.09 Å². The highest BCUT2D eigenvalue weighted by Crippen LogP contribution is 2.34. The normalized spacial score (nSPS) is 14.7. The van der Waals surface area contributed by atoms with Gasteiger partial charge in [0, 0.05) is 20.2 Å². The topological polar surface area (TPSA) is 113 Å². The number of amides is 1. The molecule has 0 aromatic heterocycles. The van der Waals surface area contributed by atoms with Crippen LogP contribution in [0.5, 0.6) is 0 Å². The van der Waals surface area contributed by atoms with Gasteiger partial charge in [0.2, 0.25) is 0 Å². The van der Waals surface area contributed by atoms with Crippen LogP contribution in [-0.2, 0) is 54.0 Å². The van der Waals surface area contributed by atoms with Gasteiger partial charge in [0.15, 0.2) is 0 Å². The van der Waals surface area contributed by atoms with Gasteiger partial charge < -0.3 is 52.3 Å². The lowest BCUT2D eigenvalue weighted by molar-refractivity contribution is -0.124. The monoisotopic (exact) mass is 643 g/mol. The summed E-state index contributed by atoms with van der Waals surface area (Å²) in [6.45, 7) is 14.2. The summed E-state index contributed by atoms with van der Waals surface area (Å²) in [7, 11) is 1.65. The first kappa shape index (κ1) is 39.3. The summed E-state index contributed by atoms with van der Waals surface area (Å²) < 4.78 is 55.2. The van der Waals surface area contributed by atoms with Crippen LogP contribution in [0.2, 0.25) is 0 Å². The Morgan fingerprint density at radius 3 is 1.44 bits per heavy atom. The lowest BCUT2D eigenvalue weighted by Crippen LogP contribution is -2.51. The van der Waals surface area contributed by atoms with Gasteiger partial charge in [-0.3, -0.25) is 0 Å². The molecule has 0 N–H and O–H groups in total. The summed E-state index contributed by atoms with van der Waals surface area (Å²) in [4.78, 5) is 14.3. The molecule has 0 aliphatic carbocycles. The van der Waals surface area contributed by atoms with Crippen LogP contribution in [-0.4, -0.2) is 143 Å². The number of carbonyl (C=O) groups is 1. The third-order valence-electron chi connectivity index (χ3n) is 7.41. The maximum Gasteiger partial charge on any atom is 0.410 e. The molecule has 12 heteroatoms. The van der Waals surface area contributed by atoms with Crippen LogP contribution in [0.25, 0.3) is 0 Å². The van der Waals surface area contributed by atoms with Gasteiger partial charge in [-0.1, -0.05) is 44.2 Å². The number of rotatable bonds is 28. The minimum absolute atomic E-state index is 0.265. The van der Waals surface area contributed by atoms with Gasteiger partial charge in [0.05, 0.1) is 111 Å². The minimum Gasteiger partial charge on any atom is -0.445 e. The maximum absolute atomic E-state index is 12.5. The van der Waals surface area contributed by atoms with Gasteiger partial charge in [-0.2, -0.15) is 0 Å². The third-order valence-corrected chi connectivity index (χ3v) is 7.41. The fraction of sp³-hybridized carbons (Fsp3) is 0.788. The SMILES string of the molecule is COCCOCCOCCOCCOCCOCCOCCOCCOC1(C(C)C)CCN(C(=O)OCc2ccccc2)CC1. The van der Waals surface area contributed by atoms with E-state index in [1.54, 1.807) is 12.0 Å². The summed E-state index contributed by atoms with van der Waals surface area (Å²) in [5, 5.41) is 0. The van der Waals surface area contributed by atoms with Gasteiger partial charge in [0.1, 0.15) is 6.61 Å². The Balaban J connectivity index is 1.34. The number of methoxy groups -OCH3 is 1. The zero-order valence-electron chi connectivity index (χ0n) is 27.8. The largest absolute Gasteiger partial charge is 0.445 e. The molecule has 1 aliphatic heterocycles. The zero-order chi connectivity index (χ0) is 32.3. The maximum atomic E-state index is 12.5. The molecule has 0 saturated carbocycles. The van der Waals surface area contributed by atoms with Crippen molar-refractivity contribution < 1.29 is 52.2 Å². The van der Waals surface area contributed by atoms with Crippen LogP contribution in [0.15, 0.2) is 30.3 Å². The predicted molar refractivity (Wildman–Crippen MR) is 169 cm³/mol. The van der Waals surface area contributed by atoms with Crippen molar-refractivity contribution in [3.05, 3.63) is 35.9 Å². The fourth-order valence-corrected chi connectivity index (χ4v) is 4.63. The molecular weight excluding hydrogens is 586 g/mol. The molecule has 0 atom stereocenters. The molecule has 1 amide bonds. The Labute approximate surface area is 269 Å². The second-order valence-corrected chi connectivity index (χ2v) is 10.9. The van der Waals surface area contributed by atoms with E-state index in [-0.39, 0.29) is 18.3 Å². The number of ether oxygens (including phenoxy) is 10. The Morgan fingerprint density at radius 2 is 1.04 bits per heavy atom. The van der Waals surface area contributed by atoms with E-state index < -0.39 is 0 Å². The number of piperidine rings is 1. The number of carbonyl (C=O) groups excluding carboxylic acids is 1. The van der Waals surface area contributed by atoms with Crippen LogP contribution in [0.4, 0.5) is 4.79 Å². The smallest absolute Gasteiger partial charge is 0.410 e. The molecule has 1 fully saturated rings. The highest BCUT2D eigenvalue weighted by atomic mass is 16.6. The summed E-state index contributed by atoms with van der Waals surface area (Å²) in [5.41, 5.74) is 0.718. The summed E-state index contributed by atoms with van der Waals surface area (Å²) >= 11 is 0. The number of nitrogens with zero attached hydrogens (tertiary/aromatic N) is 1. The zero-order valence-corrected chi connectivity index (χ0v) is 27.8. The molecule has 2 rings (SSSR count). The summed E-state index contributed by atoms with van der Waals surface area (Å²) in [5.74, 6) is 0.329. The van der Waals surface area contributed by atoms with E-state index in [9.17, 15) is 4.79 Å². The third kappa shape index (κ3) is 18.8. The van der Waals surface area contributed by atoms with Crippen molar-refractivity contribution in [3.8, 4) is 0 Å². The van der Waals surface area contributed by atoms with Crippen LogP contribution < -0.4 is 0 Å². The van der Waals surface area contributed by atoms with E-state index in [2.05, 4.69) is 13.8 Å². The first-order valence-corrected chi connectivity index (χ1v) is 16.2. The predicted octanol–water partition coefficient (Wildman–Crippen LogP) is 3.59. The molecule has 0 bridgehead atoms. The molecule has 45 heavy (non-hydrogen) atoms. The van der Waals surface area contributed by atoms with Crippen molar-refractivity contribution in [2.24, 2.45) is 5.92 Å². The van der Waals surface area contributed by atoms with Gasteiger partial charge in [-0.25, -0.2) is 4.79 Å². The highest BCUT2D eigenvalue weighted by Gasteiger charge is 2.39. The van der Waals surface area contributed by atoms with Crippen molar-refractivity contribution in [1.29, 1.82) is 0 Å². The summed E-state index contributed by atoms with van der Waals surface area (Å²) in [6.07, 6.45) is 1.28. The standard InChI is InChI=1S/C33H57NO11/c1-30(2)33(9-11-34(12-10-33)32(35)44-29-31-7-5-4-6-8-31)45-28-27-43-26-25-42-24-23-41-22-21-40-20-19-39-18-17-38-16-15-37-14-13-36-3/h4-8,30H,9-29H2,1-3H3. The Kier molecular flexibility index (Phi) is 22.9. The van der Waals surface area contributed by atoms with Crippen LogP contribution in [0, 0.1) is 5.92 Å². The molecule has 1 aliphatic rings. The Bertz CT molecular complexity index is 822. The van der Waals surface area contributed by atoms with Gasteiger partial charge in [-0.15, -0.1) is 0 Å². The van der Waals surface area contributed by atoms with Crippen LogP contribution >= 0.6 is 0 Å². The van der Waals surface area contributed by atoms with E-state index in [0.29, 0.717) is 125 Å². The second-order valence-electron chi connectivity index (χ2n) is 10.9. The Morgan fingerprint density at radius 1 is 0.644 bits per heavy atom. The van der Waals surface area contributed by atoms with Crippen molar-refractivity contribution >= 4 is 6.09 Å². The molecule has 1 heterocycles. The van der Waals surface area contributed by atoms with E-state index >= 15 is 0 Å². The van der Waals surface area contributed by atoms with Crippen LogP contribution in [0.1, 0.15) is 32.3 Å². The van der Waals surface area contributed by atoms with Crippen molar-refractivity contribution in [1.82, 2.24) is 4.90 Å². The van der Waals surface area contributed by atoms with Crippen LogP contribution in [0.3, 0.4) is 0 Å². The lowest BCUT2D eigenvalue weighted by Gasteiger charge is -2.44. The van der Waals surface area contributed by atoms with Crippen molar-refractivity contribution in [2.45, 2.75) is 38.9 Å². The summed E-state index contributed by atoms with van der Waals surface area (Å²) in [6, 6.07) is 9.72. The average molecular weight is 644 g/mol. The van der Waals surface area contributed by atoms with E-state index in [0.717, 1.165) is 18.4 Å². The number of benzene rings is 1. The number of hydrogen-bond donors (Lipinski definition) is 0. The fourth-order valence-electron chi connectivity index (χ4n) is 4.63. The highest BCUT2D eigenvalue weighted by molar-refractivity contribution is 5.67. The van der Waals surface area contributed by atoms with E-state index in [1.165, 1.54) is 0 Å². The molecular formula is C33H57NO11. The van der Waals surface area contributed by atoms with Crippen molar-refractivity contribution in [2.75, 3.05) is 126 Å². The second kappa shape index (κ2) is 26.2. The number of hydrogen-bond acceptors (Lipinski definition) is 11. The molecule has 0 spiro atoms. The lowest BCUT2D eigenvalue weighted by atomic mass is 9.81. The first-order chi connectivity index (χ1) is 22.1. The van der Waals surface area contributed by atoms with Gasteiger partial charge in [0.25, 0.3) is 0 Å². The van der Waals surface area contributed by atoms with Crippen molar-refractivity contribution in [3.63, 3.8) is 0 Å². The molecule has 1 aromatic rings. The quantitative estimate of drug-likeness (QED) is 0.125. The molecule has 1 saturated heterocycles. The molecule has 0 radical (unpaired) electrons. The minimum atomic E-state index is -0.269. The molecule has 0 unspecified atom stereocenters. The van der Waals surface area contributed by atoms with E-state index in [4.69, 9.17) is 47.4 Å². The number of likely N-dealkylation sites (tertiary alicyclic amines) is 1. The average Bonchev–Trinajstić information content (AvgIpc) is 3.06.